The molecule has 0 spiro atoms. The molecule has 2 heterocycles. The Morgan fingerprint density at radius 2 is 1.95 bits per heavy atom. The van der Waals surface area contributed by atoms with Crippen LogP contribution in [-0.4, -0.2) is 58.5 Å². The third-order valence-corrected chi connectivity index (χ3v) is 4.90. The fourth-order valence-electron chi connectivity index (χ4n) is 3.98. The molecule has 2 saturated heterocycles. The summed E-state index contributed by atoms with van der Waals surface area (Å²) in [5.41, 5.74) is 1.17. The van der Waals surface area contributed by atoms with Gasteiger partial charge in [0.1, 0.15) is 0 Å². The minimum absolute atomic E-state index is 0.140. The standard InChI is InChI=1S/C16H24N2O2/c1-16(12-20)9-14(11-19)18-8-7-17(15(16)18)10-13-5-3-2-4-6-13/h2-6,14-15,19-20H,7-12H2,1H3/t14-,15-,16-/m0/s1. The molecule has 110 valence electrons. The van der Waals surface area contributed by atoms with Crippen LogP contribution in [0, 0.1) is 5.41 Å². The molecular formula is C16H24N2O2. The lowest BCUT2D eigenvalue weighted by atomic mass is 9.85. The number of benzene rings is 1. The van der Waals surface area contributed by atoms with Crippen molar-refractivity contribution < 1.29 is 10.2 Å². The summed E-state index contributed by atoms with van der Waals surface area (Å²) in [5.74, 6) is 0. The minimum Gasteiger partial charge on any atom is -0.396 e. The first-order valence-electron chi connectivity index (χ1n) is 7.43. The second-order valence-corrected chi connectivity index (χ2v) is 6.42. The van der Waals surface area contributed by atoms with Gasteiger partial charge < -0.3 is 10.2 Å². The summed E-state index contributed by atoms with van der Waals surface area (Å²) in [6.07, 6.45) is 1.11. The Labute approximate surface area is 120 Å². The van der Waals surface area contributed by atoms with Gasteiger partial charge in [-0.15, -0.1) is 0 Å². The molecule has 0 saturated carbocycles. The largest absolute Gasteiger partial charge is 0.396 e. The van der Waals surface area contributed by atoms with Gasteiger partial charge in [0.15, 0.2) is 0 Å². The van der Waals surface area contributed by atoms with Crippen LogP contribution in [-0.2, 0) is 6.54 Å². The smallest absolute Gasteiger partial charge is 0.0707 e. The average molecular weight is 276 g/mol. The molecule has 3 rings (SSSR count). The molecule has 0 aromatic heterocycles. The van der Waals surface area contributed by atoms with Crippen LogP contribution in [0.4, 0.5) is 0 Å². The predicted molar refractivity (Wildman–Crippen MR) is 78.0 cm³/mol. The lowest BCUT2D eigenvalue weighted by molar-refractivity contribution is 0.0243. The minimum atomic E-state index is -0.140. The SMILES string of the molecule is C[C@@]1(CO)C[C@@H](CO)N2CCN(Cc3ccccc3)[C@@H]21. The van der Waals surface area contributed by atoms with Crippen LogP contribution < -0.4 is 0 Å². The predicted octanol–water partition coefficient (Wildman–Crippen LogP) is 0.893. The van der Waals surface area contributed by atoms with Gasteiger partial charge in [-0.2, -0.15) is 0 Å². The van der Waals surface area contributed by atoms with E-state index in [1.165, 1.54) is 5.56 Å². The Balaban J connectivity index is 1.80. The number of rotatable bonds is 4. The Morgan fingerprint density at radius 3 is 2.60 bits per heavy atom. The van der Waals surface area contributed by atoms with E-state index in [-0.39, 0.29) is 30.8 Å². The van der Waals surface area contributed by atoms with E-state index in [2.05, 4.69) is 41.0 Å². The van der Waals surface area contributed by atoms with Gasteiger partial charge in [0.2, 0.25) is 0 Å². The van der Waals surface area contributed by atoms with Crippen molar-refractivity contribution in [3.05, 3.63) is 35.9 Å². The van der Waals surface area contributed by atoms with Crippen molar-refractivity contribution in [3.8, 4) is 0 Å². The summed E-state index contributed by atoms with van der Waals surface area (Å²) in [7, 11) is 0. The Kier molecular flexibility index (Phi) is 3.82. The van der Waals surface area contributed by atoms with Crippen molar-refractivity contribution in [2.24, 2.45) is 5.41 Å². The molecule has 0 amide bonds. The van der Waals surface area contributed by atoms with Crippen molar-refractivity contribution in [3.63, 3.8) is 0 Å². The maximum absolute atomic E-state index is 9.83. The van der Waals surface area contributed by atoms with Crippen LogP contribution in [0.5, 0.6) is 0 Å². The first-order valence-corrected chi connectivity index (χ1v) is 7.43. The van der Waals surface area contributed by atoms with E-state index in [0.717, 1.165) is 26.1 Å². The monoisotopic (exact) mass is 276 g/mol. The normalized spacial score (nSPS) is 34.5. The summed E-state index contributed by atoms with van der Waals surface area (Å²) < 4.78 is 0. The van der Waals surface area contributed by atoms with Gasteiger partial charge in [0.25, 0.3) is 0 Å². The number of hydrogen-bond donors (Lipinski definition) is 2. The zero-order valence-corrected chi connectivity index (χ0v) is 12.1. The van der Waals surface area contributed by atoms with E-state index in [1.807, 2.05) is 6.07 Å². The summed E-state index contributed by atoms with van der Waals surface area (Å²) in [6, 6.07) is 10.7. The summed E-state index contributed by atoms with van der Waals surface area (Å²) in [4.78, 5) is 4.82. The molecular weight excluding hydrogens is 252 g/mol. The maximum atomic E-state index is 9.83. The molecule has 4 heteroatoms. The molecule has 2 fully saturated rings. The van der Waals surface area contributed by atoms with Gasteiger partial charge in [-0.1, -0.05) is 37.3 Å². The van der Waals surface area contributed by atoms with E-state index < -0.39 is 0 Å². The highest BCUT2D eigenvalue weighted by Crippen LogP contribution is 2.44. The molecule has 2 aliphatic heterocycles. The van der Waals surface area contributed by atoms with Crippen molar-refractivity contribution in [1.29, 1.82) is 0 Å². The van der Waals surface area contributed by atoms with Crippen molar-refractivity contribution in [1.82, 2.24) is 9.80 Å². The van der Waals surface area contributed by atoms with E-state index in [0.29, 0.717) is 0 Å². The Bertz CT molecular complexity index is 453. The average Bonchev–Trinajstić information content (AvgIpc) is 3.01. The molecule has 1 aromatic rings. The number of fused-ring (bicyclic) bond motifs is 1. The van der Waals surface area contributed by atoms with E-state index in [1.54, 1.807) is 0 Å². The third-order valence-electron chi connectivity index (χ3n) is 4.90. The fraction of sp³-hybridized carbons (Fsp3) is 0.625. The van der Waals surface area contributed by atoms with Gasteiger partial charge in [0, 0.05) is 31.1 Å². The second kappa shape index (κ2) is 5.45. The molecule has 0 bridgehead atoms. The van der Waals surface area contributed by atoms with Crippen molar-refractivity contribution in [2.75, 3.05) is 26.3 Å². The molecule has 2 aliphatic rings. The summed E-state index contributed by atoms with van der Waals surface area (Å²) in [5, 5.41) is 19.4. The zero-order chi connectivity index (χ0) is 14.2. The third kappa shape index (κ3) is 2.27. The van der Waals surface area contributed by atoms with Crippen LogP contribution in [0.25, 0.3) is 0 Å². The van der Waals surface area contributed by atoms with Crippen LogP contribution in [0.2, 0.25) is 0 Å². The lowest BCUT2D eigenvalue weighted by Gasteiger charge is -2.36. The summed E-state index contributed by atoms with van der Waals surface area (Å²) in [6.45, 7) is 5.41. The van der Waals surface area contributed by atoms with Gasteiger partial charge >= 0.3 is 0 Å². The Hall–Kier alpha value is -0.940. The topological polar surface area (TPSA) is 46.9 Å². The number of hydrogen-bond acceptors (Lipinski definition) is 4. The molecule has 1 aromatic carbocycles. The van der Waals surface area contributed by atoms with Crippen molar-refractivity contribution in [2.45, 2.75) is 32.1 Å². The first kappa shape index (κ1) is 14.0. The number of aliphatic hydroxyl groups is 2. The molecule has 0 aliphatic carbocycles. The second-order valence-electron chi connectivity index (χ2n) is 6.42. The molecule has 20 heavy (non-hydrogen) atoms. The molecule has 3 atom stereocenters. The summed E-state index contributed by atoms with van der Waals surface area (Å²) >= 11 is 0. The van der Waals surface area contributed by atoms with Crippen LogP contribution in [0.1, 0.15) is 18.9 Å². The van der Waals surface area contributed by atoms with Crippen LogP contribution in [0.3, 0.4) is 0 Å². The van der Waals surface area contributed by atoms with Gasteiger partial charge in [-0.25, -0.2) is 0 Å². The van der Waals surface area contributed by atoms with Crippen molar-refractivity contribution >= 4 is 0 Å². The van der Waals surface area contributed by atoms with Crippen LogP contribution >= 0.6 is 0 Å². The number of nitrogens with zero attached hydrogens (tertiary/aromatic N) is 2. The maximum Gasteiger partial charge on any atom is 0.0707 e. The van der Waals surface area contributed by atoms with E-state index in [4.69, 9.17) is 0 Å². The lowest BCUT2D eigenvalue weighted by Crippen LogP contribution is -2.46. The molecule has 4 nitrogen and oxygen atoms in total. The van der Waals surface area contributed by atoms with E-state index in [9.17, 15) is 10.2 Å². The van der Waals surface area contributed by atoms with Crippen LogP contribution in [0.15, 0.2) is 30.3 Å². The molecule has 0 unspecified atom stereocenters. The molecule has 0 radical (unpaired) electrons. The zero-order valence-electron chi connectivity index (χ0n) is 12.1. The highest BCUT2D eigenvalue weighted by atomic mass is 16.3. The molecule has 2 N–H and O–H groups in total. The highest BCUT2D eigenvalue weighted by molar-refractivity contribution is 5.16. The van der Waals surface area contributed by atoms with Gasteiger partial charge in [0.05, 0.1) is 19.4 Å². The first-order chi connectivity index (χ1) is 9.68. The fourth-order valence-corrected chi connectivity index (χ4v) is 3.98. The van der Waals surface area contributed by atoms with Gasteiger partial charge in [-0.3, -0.25) is 9.80 Å². The van der Waals surface area contributed by atoms with Gasteiger partial charge in [-0.05, 0) is 12.0 Å². The highest BCUT2D eigenvalue weighted by Gasteiger charge is 2.53. The quantitative estimate of drug-likeness (QED) is 0.857. The van der Waals surface area contributed by atoms with E-state index >= 15 is 0 Å². The Morgan fingerprint density at radius 1 is 1.20 bits per heavy atom. The number of aliphatic hydroxyl groups excluding tert-OH is 2.